The summed E-state index contributed by atoms with van der Waals surface area (Å²) in [5.74, 6) is 0. The van der Waals surface area contributed by atoms with Crippen LogP contribution in [0.2, 0.25) is 0 Å². The van der Waals surface area contributed by atoms with Gasteiger partial charge in [-0.3, -0.25) is 0 Å². The van der Waals surface area contributed by atoms with Crippen molar-refractivity contribution in [3.8, 4) is 9.75 Å². The molecule has 4 heteroatoms. The Hall–Kier alpha value is -0.190. The molecule has 0 aliphatic heterocycles. The molecule has 0 aliphatic carbocycles. The zero-order valence-corrected chi connectivity index (χ0v) is 9.59. The predicted octanol–water partition coefficient (Wildman–Crippen LogP) is 3.94. The second-order valence-electron chi connectivity index (χ2n) is 2.36. The van der Waals surface area contributed by atoms with Crippen molar-refractivity contribution < 1.29 is 0 Å². The van der Waals surface area contributed by atoms with Crippen LogP contribution in [0.4, 0.5) is 0 Å². The lowest BCUT2D eigenvalue weighted by Gasteiger charge is -1.89. The van der Waals surface area contributed by atoms with Gasteiger partial charge >= 0.3 is 0 Å². The van der Waals surface area contributed by atoms with Crippen molar-refractivity contribution in [2.45, 2.75) is 6.92 Å². The lowest BCUT2D eigenvalue weighted by molar-refractivity contribution is 1.24. The summed E-state index contributed by atoms with van der Waals surface area (Å²) in [5.41, 5.74) is 1.11. The number of thiophene rings is 1. The van der Waals surface area contributed by atoms with Gasteiger partial charge in [0.05, 0.1) is 10.6 Å². The van der Waals surface area contributed by atoms with Gasteiger partial charge in [0.1, 0.15) is 0 Å². The molecule has 0 N–H and O–H groups in total. The topological polar surface area (TPSA) is 12.9 Å². The minimum atomic E-state index is 0.961. The molecule has 0 aliphatic rings. The molecule has 12 heavy (non-hydrogen) atoms. The summed E-state index contributed by atoms with van der Waals surface area (Å²) < 4.78 is 0.961. The minimum Gasteiger partial charge on any atom is -0.234 e. The molecule has 1 nitrogen and oxygen atoms in total. The van der Waals surface area contributed by atoms with Gasteiger partial charge in [-0.25, -0.2) is 4.98 Å². The second-order valence-corrected chi connectivity index (χ2v) is 5.58. The Bertz CT molecular complexity index is 378. The van der Waals surface area contributed by atoms with Crippen LogP contribution < -0.4 is 0 Å². The van der Waals surface area contributed by atoms with Gasteiger partial charge in [0.2, 0.25) is 0 Å². The molecule has 2 rings (SSSR count). The summed E-state index contributed by atoms with van der Waals surface area (Å²) in [6.07, 6.45) is 0. The lowest BCUT2D eigenvalue weighted by atomic mass is 10.3. The fourth-order valence-electron chi connectivity index (χ4n) is 1.000. The second kappa shape index (κ2) is 3.28. The summed E-state index contributed by atoms with van der Waals surface area (Å²) in [7, 11) is 0. The molecule has 62 valence electrons. The number of nitrogens with zero attached hydrogens (tertiary/aromatic N) is 1. The first-order valence-corrected chi connectivity index (χ1v) is 5.93. The molecule has 0 atom stereocenters. The monoisotopic (exact) mass is 259 g/mol. The number of hydrogen-bond donors (Lipinski definition) is 0. The van der Waals surface area contributed by atoms with Crippen LogP contribution in [0.3, 0.4) is 0 Å². The quantitative estimate of drug-likeness (QED) is 0.756. The van der Waals surface area contributed by atoms with Crippen LogP contribution in [0.15, 0.2) is 21.4 Å². The smallest absolute Gasteiger partial charge is 0.159 e. The lowest BCUT2D eigenvalue weighted by Crippen LogP contribution is -1.71. The van der Waals surface area contributed by atoms with Gasteiger partial charge in [0.25, 0.3) is 0 Å². The number of halogens is 1. The van der Waals surface area contributed by atoms with Gasteiger partial charge in [0, 0.05) is 4.88 Å². The zero-order valence-electron chi connectivity index (χ0n) is 6.37. The zero-order chi connectivity index (χ0) is 8.55. The van der Waals surface area contributed by atoms with Crippen molar-refractivity contribution in [2.75, 3.05) is 0 Å². The third-order valence-electron chi connectivity index (χ3n) is 1.52. The van der Waals surface area contributed by atoms with Gasteiger partial charge in [-0.05, 0) is 34.3 Å². The van der Waals surface area contributed by atoms with E-state index in [0.717, 1.165) is 9.61 Å². The van der Waals surface area contributed by atoms with Crippen LogP contribution in [-0.2, 0) is 0 Å². The summed E-state index contributed by atoms with van der Waals surface area (Å²) >= 11 is 6.82. The van der Waals surface area contributed by atoms with E-state index in [9.17, 15) is 0 Å². The summed E-state index contributed by atoms with van der Waals surface area (Å²) in [5, 5.41) is 2.09. The molecule has 0 radical (unpaired) electrons. The minimum absolute atomic E-state index is 0.961. The first-order valence-electron chi connectivity index (χ1n) is 3.44. The summed E-state index contributed by atoms with van der Waals surface area (Å²) in [6, 6.07) is 4.19. The van der Waals surface area contributed by atoms with Gasteiger partial charge in [-0.2, -0.15) is 0 Å². The molecule has 0 amide bonds. The average Bonchev–Trinajstić information content (AvgIpc) is 2.58. The first-order chi connectivity index (χ1) is 5.77. The van der Waals surface area contributed by atoms with Crippen molar-refractivity contribution in [1.29, 1.82) is 0 Å². The first kappa shape index (κ1) is 8.41. The Balaban J connectivity index is 2.54. The van der Waals surface area contributed by atoms with E-state index in [4.69, 9.17) is 0 Å². The SMILES string of the molecule is Cc1nc(Br)sc1-c1cccs1. The summed E-state index contributed by atoms with van der Waals surface area (Å²) in [4.78, 5) is 6.89. The fourth-order valence-corrected chi connectivity index (χ4v) is 3.45. The molecule has 0 spiro atoms. The highest BCUT2D eigenvalue weighted by atomic mass is 79.9. The molecular weight excluding hydrogens is 254 g/mol. The molecule has 0 fully saturated rings. The Morgan fingerprint density at radius 2 is 2.33 bits per heavy atom. The third kappa shape index (κ3) is 1.46. The maximum atomic E-state index is 4.31. The van der Waals surface area contributed by atoms with E-state index >= 15 is 0 Å². The van der Waals surface area contributed by atoms with E-state index in [0.29, 0.717) is 0 Å². The van der Waals surface area contributed by atoms with Crippen LogP contribution in [0, 0.1) is 6.92 Å². The fraction of sp³-hybridized carbons (Fsp3) is 0.125. The standard InChI is InChI=1S/C8H6BrNS2/c1-5-7(12-8(9)10-5)6-3-2-4-11-6/h2-4H,1H3. The van der Waals surface area contributed by atoms with Crippen LogP contribution in [0.1, 0.15) is 5.69 Å². The highest BCUT2D eigenvalue weighted by Crippen LogP contribution is 2.34. The van der Waals surface area contributed by atoms with Crippen molar-refractivity contribution in [1.82, 2.24) is 4.98 Å². The highest BCUT2D eigenvalue weighted by Gasteiger charge is 2.07. The molecule has 0 saturated heterocycles. The Labute approximate surface area is 87.2 Å². The number of thiazole rings is 1. The van der Waals surface area contributed by atoms with E-state index in [1.54, 1.807) is 22.7 Å². The third-order valence-corrected chi connectivity index (χ3v) is 4.17. The molecule has 0 aromatic carbocycles. The number of hydrogen-bond acceptors (Lipinski definition) is 3. The van der Waals surface area contributed by atoms with Crippen LogP contribution in [0.5, 0.6) is 0 Å². The number of rotatable bonds is 1. The maximum Gasteiger partial charge on any atom is 0.159 e. The van der Waals surface area contributed by atoms with Gasteiger partial charge < -0.3 is 0 Å². The van der Waals surface area contributed by atoms with Crippen LogP contribution in [-0.4, -0.2) is 4.98 Å². The van der Waals surface area contributed by atoms with Crippen LogP contribution >= 0.6 is 38.6 Å². The molecule has 0 unspecified atom stereocenters. The predicted molar refractivity (Wildman–Crippen MR) is 57.9 cm³/mol. The number of aromatic nitrogens is 1. The largest absolute Gasteiger partial charge is 0.234 e. The van der Waals surface area contributed by atoms with E-state index in [2.05, 4.69) is 38.4 Å². The molecule has 0 saturated carbocycles. The Morgan fingerprint density at radius 3 is 2.83 bits per heavy atom. The Kier molecular flexibility index (Phi) is 2.30. The molecule has 2 aromatic rings. The van der Waals surface area contributed by atoms with Gasteiger partial charge in [-0.15, -0.1) is 22.7 Å². The van der Waals surface area contributed by atoms with E-state index < -0.39 is 0 Å². The number of aryl methyl sites for hydroxylation is 1. The summed E-state index contributed by atoms with van der Waals surface area (Å²) in [6.45, 7) is 2.04. The highest BCUT2D eigenvalue weighted by molar-refractivity contribution is 9.11. The average molecular weight is 260 g/mol. The van der Waals surface area contributed by atoms with Crippen LogP contribution in [0.25, 0.3) is 9.75 Å². The van der Waals surface area contributed by atoms with Gasteiger partial charge in [0.15, 0.2) is 3.92 Å². The molecule has 0 bridgehead atoms. The normalized spacial score (nSPS) is 10.5. The van der Waals surface area contributed by atoms with Crippen molar-refractivity contribution in [3.63, 3.8) is 0 Å². The van der Waals surface area contributed by atoms with E-state index in [-0.39, 0.29) is 0 Å². The molecule has 2 heterocycles. The maximum absolute atomic E-state index is 4.31. The van der Waals surface area contributed by atoms with E-state index in [1.807, 2.05) is 6.92 Å². The van der Waals surface area contributed by atoms with Crippen molar-refractivity contribution in [2.24, 2.45) is 0 Å². The van der Waals surface area contributed by atoms with Gasteiger partial charge in [-0.1, -0.05) is 6.07 Å². The van der Waals surface area contributed by atoms with E-state index in [1.165, 1.54) is 9.75 Å². The molecular formula is C8H6BrNS2. The molecule has 2 aromatic heterocycles. The van der Waals surface area contributed by atoms with Crippen molar-refractivity contribution in [3.05, 3.63) is 27.1 Å². The van der Waals surface area contributed by atoms with Crippen molar-refractivity contribution >= 4 is 38.6 Å². The Morgan fingerprint density at radius 1 is 1.50 bits per heavy atom.